The van der Waals surface area contributed by atoms with Gasteiger partial charge in [-0.2, -0.15) is 5.10 Å². The molecule has 1 unspecified atom stereocenters. The molecular weight excluding hydrogens is 274 g/mol. The molecule has 2 N–H and O–H groups in total. The highest BCUT2D eigenvalue weighted by molar-refractivity contribution is 5.80. The highest BCUT2D eigenvalue weighted by atomic mass is 15.3. The van der Waals surface area contributed by atoms with Crippen LogP contribution in [0.1, 0.15) is 63.8 Å². The average molecular weight is 303 g/mol. The summed E-state index contributed by atoms with van der Waals surface area (Å²) in [5.41, 5.74) is 2.68. The first-order valence-corrected chi connectivity index (χ1v) is 8.80. The lowest BCUT2D eigenvalue weighted by atomic mass is 9.93. The Hall–Kier alpha value is -1.52. The number of nitrogens with one attached hydrogen (secondary N) is 2. The van der Waals surface area contributed by atoms with Crippen LogP contribution >= 0.6 is 0 Å². The lowest BCUT2D eigenvalue weighted by molar-refractivity contribution is 0.376. The summed E-state index contributed by atoms with van der Waals surface area (Å²) in [6.45, 7) is 7.28. The zero-order valence-electron chi connectivity index (χ0n) is 14.1. The van der Waals surface area contributed by atoms with Gasteiger partial charge in [-0.1, -0.05) is 0 Å². The van der Waals surface area contributed by atoms with Crippen molar-refractivity contribution in [1.82, 2.24) is 20.4 Å². The predicted octanol–water partition coefficient (Wildman–Crippen LogP) is 2.43. The van der Waals surface area contributed by atoms with Crippen molar-refractivity contribution in [2.24, 2.45) is 4.99 Å². The van der Waals surface area contributed by atoms with E-state index in [1.165, 1.54) is 30.5 Å². The molecule has 1 saturated carbocycles. The van der Waals surface area contributed by atoms with Crippen molar-refractivity contribution in [3.8, 4) is 0 Å². The van der Waals surface area contributed by atoms with Crippen LogP contribution in [0.25, 0.3) is 0 Å². The fourth-order valence-electron chi connectivity index (χ4n) is 3.13. The summed E-state index contributed by atoms with van der Waals surface area (Å²) in [4.78, 5) is 4.60. The molecule has 1 fully saturated rings. The summed E-state index contributed by atoms with van der Waals surface area (Å²) in [6, 6.07) is 1.51. The lowest BCUT2D eigenvalue weighted by Crippen LogP contribution is -2.50. The Morgan fingerprint density at radius 2 is 2.09 bits per heavy atom. The molecule has 122 valence electrons. The molecule has 5 heteroatoms. The number of rotatable bonds is 4. The van der Waals surface area contributed by atoms with Gasteiger partial charge in [0.2, 0.25) is 0 Å². The number of guanidine groups is 1. The number of fused-ring (bicyclic) bond motifs is 1. The van der Waals surface area contributed by atoms with Gasteiger partial charge < -0.3 is 10.6 Å². The maximum absolute atomic E-state index is 4.76. The molecule has 2 aliphatic carbocycles. The van der Waals surface area contributed by atoms with E-state index in [1.54, 1.807) is 0 Å². The van der Waals surface area contributed by atoms with Gasteiger partial charge in [-0.3, -0.25) is 9.67 Å². The van der Waals surface area contributed by atoms with E-state index in [0.717, 1.165) is 31.8 Å². The third-order valence-electron chi connectivity index (χ3n) is 4.73. The van der Waals surface area contributed by atoms with Gasteiger partial charge in [-0.25, -0.2) is 0 Å². The van der Waals surface area contributed by atoms with E-state index in [1.807, 2.05) is 0 Å². The van der Waals surface area contributed by atoms with Crippen LogP contribution in [0.15, 0.2) is 11.2 Å². The highest BCUT2D eigenvalue weighted by Gasteiger charge is 2.24. The van der Waals surface area contributed by atoms with E-state index in [0.29, 0.717) is 18.1 Å². The molecule has 3 rings (SSSR count). The Morgan fingerprint density at radius 1 is 1.32 bits per heavy atom. The number of aryl methyl sites for hydroxylation is 1. The second-order valence-corrected chi connectivity index (χ2v) is 6.85. The fourth-order valence-corrected chi connectivity index (χ4v) is 3.13. The van der Waals surface area contributed by atoms with Gasteiger partial charge in [0.05, 0.1) is 5.69 Å². The van der Waals surface area contributed by atoms with Crippen LogP contribution in [0, 0.1) is 0 Å². The first-order chi connectivity index (χ1) is 10.7. The van der Waals surface area contributed by atoms with Gasteiger partial charge in [0.1, 0.15) is 0 Å². The topological polar surface area (TPSA) is 54.2 Å². The molecule has 1 heterocycles. The summed E-state index contributed by atoms with van der Waals surface area (Å²) in [5.74, 6) is 0.990. The van der Waals surface area contributed by atoms with Crippen LogP contribution in [-0.4, -0.2) is 34.4 Å². The minimum Gasteiger partial charge on any atom is -0.354 e. The second kappa shape index (κ2) is 6.71. The third kappa shape index (κ3) is 3.45. The number of hydrogen-bond acceptors (Lipinski definition) is 2. The Bertz CT molecular complexity index is 527. The molecule has 0 bridgehead atoms. The average Bonchev–Trinajstić information content (AvgIpc) is 2.86. The fraction of sp³-hybridized carbons (Fsp3) is 0.765. The summed E-state index contributed by atoms with van der Waals surface area (Å²) in [5, 5.41) is 11.9. The van der Waals surface area contributed by atoms with Crippen molar-refractivity contribution < 1.29 is 0 Å². The standard InChI is InChI=1S/C17H29N5/c1-4-18-17(19-14-6-5-7-14)20-15-9-8-13-11-22(12(2)3)21-16(13)10-15/h11-12,14-15H,4-10H2,1-3H3,(H2,18,19,20). The molecule has 2 aliphatic rings. The molecule has 0 aromatic carbocycles. The van der Waals surface area contributed by atoms with Crippen molar-refractivity contribution in [2.75, 3.05) is 6.54 Å². The van der Waals surface area contributed by atoms with Crippen molar-refractivity contribution in [1.29, 1.82) is 0 Å². The van der Waals surface area contributed by atoms with Crippen LogP contribution in [0.3, 0.4) is 0 Å². The second-order valence-electron chi connectivity index (χ2n) is 6.85. The van der Waals surface area contributed by atoms with E-state index in [9.17, 15) is 0 Å². The van der Waals surface area contributed by atoms with Crippen LogP contribution in [0.5, 0.6) is 0 Å². The first kappa shape index (κ1) is 15.4. The van der Waals surface area contributed by atoms with E-state index in [2.05, 4.69) is 47.3 Å². The van der Waals surface area contributed by atoms with Crippen molar-refractivity contribution in [2.45, 2.75) is 77.4 Å². The summed E-state index contributed by atoms with van der Waals surface area (Å²) >= 11 is 0. The number of hydrogen-bond donors (Lipinski definition) is 2. The minimum absolute atomic E-state index is 0.439. The summed E-state index contributed by atoms with van der Waals surface area (Å²) < 4.78 is 2.10. The molecule has 1 atom stereocenters. The molecule has 0 radical (unpaired) electrons. The van der Waals surface area contributed by atoms with Gasteiger partial charge in [-0.15, -0.1) is 0 Å². The van der Waals surface area contributed by atoms with Crippen LogP contribution in [0.4, 0.5) is 0 Å². The molecule has 1 aromatic rings. The molecule has 0 saturated heterocycles. The Labute approximate surface area is 133 Å². The van der Waals surface area contributed by atoms with Crippen molar-refractivity contribution in [3.63, 3.8) is 0 Å². The van der Waals surface area contributed by atoms with Gasteiger partial charge >= 0.3 is 0 Å². The Kier molecular flexibility index (Phi) is 4.69. The van der Waals surface area contributed by atoms with E-state index in [4.69, 9.17) is 5.10 Å². The number of nitrogens with zero attached hydrogens (tertiary/aromatic N) is 3. The SMILES string of the molecule is CCN=C(NC1CCC1)NC1CCc2cn(C(C)C)nc2C1. The molecule has 0 amide bonds. The Balaban J connectivity index is 1.61. The lowest BCUT2D eigenvalue weighted by Gasteiger charge is -2.31. The van der Waals surface area contributed by atoms with E-state index < -0.39 is 0 Å². The predicted molar refractivity (Wildman–Crippen MR) is 90.3 cm³/mol. The van der Waals surface area contributed by atoms with Crippen molar-refractivity contribution in [3.05, 3.63) is 17.5 Å². The van der Waals surface area contributed by atoms with E-state index in [-0.39, 0.29) is 0 Å². The van der Waals surface area contributed by atoms with Gasteiger partial charge in [0, 0.05) is 37.3 Å². The molecule has 0 spiro atoms. The van der Waals surface area contributed by atoms with Crippen LogP contribution < -0.4 is 10.6 Å². The van der Waals surface area contributed by atoms with Crippen molar-refractivity contribution >= 4 is 5.96 Å². The molecule has 5 nitrogen and oxygen atoms in total. The minimum atomic E-state index is 0.439. The smallest absolute Gasteiger partial charge is 0.191 e. The highest BCUT2D eigenvalue weighted by Crippen LogP contribution is 2.22. The maximum Gasteiger partial charge on any atom is 0.191 e. The van der Waals surface area contributed by atoms with E-state index >= 15 is 0 Å². The molecule has 0 aliphatic heterocycles. The van der Waals surface area contributed by atoms with Gasteiger partial charge in [-0.05, 0) is 58.4 Å². The van der Waals surface area contributed by atoms with Crippen LogP contribution in [-0.2, 0) is 12.8 Å². The van der Waals surface area contributed by atoms with Gasteiger partial charge in [0.25, 0.3) is 0 Å². The van der Waals surface area contributed by atoms with Gasteiger partial charge in [0.15, 0.2) is 5.96 Å². The largest absolute Gasteiger partial charge is 0.354 e. The molecular formula is C17H29N5. The first-order valence-electron chi connectivity index (χ1n) is 8.80. The summed E-state index contributed by atoms with van der Waals surface area (Å²) in [6.07, 6.45) is 9.40. The summed E-state index contributed by atoms with van der Waals surface area (Å²) in [7, 11) is 0. The normalized spacial score (nSPS) is 22.4. The molecule has 22 heavy (non-hydrogen) atoms. The monoisotopic (exact) mass is 303 g/mol. The zero-order chi connectivity index (χ0) is 15.5. The van der Waals surface area contributed by atoms with Crippen LogP contribution in [0.2, 0.25) is 0 Å². The number of aliphatic imine (C=N–C) groups is 1. The quantitative estimate of drug-likeness (QED) is 0.663. The molecule has 1 aromatic heterocycles. The maximum atomic E-state index is 4.76. The zero-order valence-corrected chi connectivity index (χ0v) is 14.1. The number of aromatic nitrogens is 2. The third-order valence-corrected chi connectivity index (χ3v) is 4.73. The Morgan fingerprint density at radius 3 is 2.73 bits per heavy atom.